The highest BCUT2D eigenvalue weighted by molar-refractivity contribution is 4.84. The Kier molecular flexibility index (Phi) is 2.90. The molecule has 1 atom stereocenters. The van der Waals surface area contributed by atoms with E-state index >= 15 is 0 Å². The fourth-order valence-corrected chi connectivity index (χ4v) is 1.82. The Balaban J connectivity index is 2.16. The number of likely N-dealkylation sites (N-methyl/N-ethyl adjacent to an activating group) is 1. The highest BCUT2D eigenvalue weighted by Crippen LogP contribution is 2.30. The molecule has 0 radical (unpaired) electrons. The van der Waals surface area contributed by atoms with Crippen LogP contribution >= 0.6 is 0 Å². The Morgan fingerprint density at radius 2 is 2.09 bits per heavy atom. The molecule has 0 saturated heterocycles. The molecule has 1 rings (SSSR count). The Labute approximate surface area is 69.8 Å². The predicted octanol–water partition coefficient (Wildman–Crippen LogP) is 1.06. The summed E-state index contributed by atoms with van der Waals surface area (Å²) in [5.74, 6) is 0.940. The van der Waals surface area contributed by atoms with Crippen LogP contribution < -0.4 is 5.73 Å². The van der Waals surface area contributed by atoms with Gasteiger partial charge in [0.05, 0.1) is 0 Å². The first-order chi connectivity index (χ1) is 5.09. The molecule has 2 nitrogen and oxygen atoms in total. The van der Waals surface area contributed by atoms with Crippen molar-refractivity contribution in [3.8, 4) is 0 Å². The minimum absolute atomic E-state index is 0.316. The topological polar surface area (TPSA) is 29.3 Å². The van der Waals surface area contributed by atoms with Gasteiger partial charge in [0.25, 0.3) is 0 Å². The summed E-state index contributed by atoms with van der Waals surface area (Å²) in [5.41, 5.74) is 5.70. The van der Waals surface area contributed by atoms with Crippen molar-refractivity contribution < 1.29 is 0 Å². The van der Waals surface area contributed by atoms with Crippen LogP contribution in [-0.2, 0) is 0 Å². The van der Waals surface area contributed by atoms with Crippen molar-refractivity contribution in [1.29, 1.82) is 0 Å². The molecular formula is C9H20N2. The molecule has 0 heterocycles. The molecule has 0 aliphatic heterocycles. The maximum atomic E-state index is 5.70. The van der Waals surface area contributed by atoms with Crippen molar-refractivity contribution in [2.24, 2.45) is 11.7 Å². The second kappa shape index (κ2) is 3.55. The maximum Gasteiger partial charge on any atom is 0.0139 e. The van der Waals surface area contributed by atoms with E-state index in [0.29, 0.717) is 6.04 Å². The molecule has 2 heteroatoms. The van der Waals surface area contributed by atoms with E-state index in [4.69, 9.17) is 5.73 Å². The highest BCUT2D eigenvalue weighted by atomic mass is 15.1. The van der Waals surface area contributed by atoms with Crippen molar-refractivity contribution in [2.75, 3.05) is 13.6 Å². The van der Waals surface area contributed by atoms with Crippen LogP contribution in [0.2, 0.25) is 0 Å². The third-order valence-electron chi connectivity index (χ3n) is 2.55. The molecule has 1 aliphatic carbocycles. The average Bonchev–Trinajstić information content (AvgIpc) is 1.79. The fraction of sp³-hybridized carbons (Fsp3) is 1.00. The van der Waals surface area contributed by atoms with Gasteiger partial charge >= 0.3 is 0 Å². The molecule has 0 spiro atoms. The SMILES string of the molecule is CC(N)CN(C)C1CC(C)C1. The molecule has 2 N–H and O–H groups in total. The quantitative estimate of drug-likeness (QED) is 0.662. The van der Waals surface area contributed by atoms with E-state index in [0.717, 1.165) is 18.5 Å². The molecule has 1 saturated carbocycles. The molecule has 0 aromatic rings. The van der Waals surface area contributed by atoms with E-state index in [1.165, 1.54) is 12.8 Å². The third-order valence-corrected chi connectivity index (χ3v) is 2.55. The standard InChI is InChI=1S/C9H20N2/c1-7-4-9(5-7)11(3)6-8(2)10/h7-9H,4-6,10H2,1-3H3. The maximum absolute atomic E-state index is 5.70. The lowest BCUT2D eigenvalue weighted by atomic mass is 9.81. The van der Waals surface area contributed by atoms with Crippen molar-refractivity contribution in [1.82, 2.24) is 4.90 Å². The summed E-state index contributed by atoms with van der Waals surface area (Å²) in [6.45, 7) is 5.42. The molecule has 1 unspecified atom stereocenters. The number of rotatable bonds is 3. The van der Waals surface area contributed by atoms with Gasteiger partial charge in [-0.25, -0.2) is 0 Å². The van der Waals surface area contributed by atoms with Gasteiger partial charge in [-0.15, -0.1) is 0 Å². The molecule has 0 aromatic heterocycles. The van der Waals surface area contributed by atoms with Gasteiger partial charge < -0.3 is 10.6 Å². The van der Waals surface area contributed by atoms with Crippen LogP contribution in [0, 0.1) is 5.92 Å². The van der Waals surface area contributed by atoms with Gasteiger partial charge in [0.1, 0.15) is 0 Å². The van der Waals surface area contributed by atoms with Crippen molar-refractivity contribution in [3.05, 3.63) is 0 Å². The van der Waals surface area contributed by atoms with Crippen LogP contribution in [0.5, 0.6) is 0 Å². The predicted molar refractivity (Wildman–Crippen MR) is 48.5 cm³/mol. The number of hydrogen-bond acceptors (Lipinski definition) is 2. The molecule has 1 fully saturated rings. The van der Waals surface area contributed by atoms with Gasteiger partial charge in [0.2, 0.25) is 0 Å². The van der Waals surface area contributed by atoms with Crippen LogP contribution in [0.3, 0.4) is 0 Å². The fourth-order valence-electron chi connectivity index (χ4n) is 1.82. The molecule has 0 amide bonds. The zero-order chi connectivity index (χ0) is 8.43. The van der Waals surface area contributed by atoms with Crippen LogP contribution in [0.25, 0.3) is 0 Å². The second-order valence-corrected chi connectivity index (χ2v) is 4.15. The van der Waals surface area contributed by atoms with E-state index in [1.807, 2.05) is 0 Å². The highest BCUT2D eigenvalue weighted by Gasteiger charge is 2.28. The lowest BCUT2D eigenvalue weighted by Gasteiger charge is -2.40. The number of hydrogen-bond donors (Lipinski definition) is 1. The Bertz CT molecular complexity index is 117. The van der Waals surface area contributed by atoms with Crippen molar-refractivity contribution in [2.45, 2.75) is 38.8 Å². The lowest BCUT2D eigenvalue weighted by molar-refractivity contribution is 0.107. The second-order valence-electron chi connectivity index (χ2n) is 4.15. The zero-order valence-corrected chi connectivity index (χ0v) is 7.88. The smallest absolute Gasteiger partial charge is 0.0139 e. The Morgan fingerprint density at radius 3 is 2.45 bits per heavy atom. The molecule has 0 aromatic carbocycles. The van der Waals surface area contributed by atoms with Gasteiger partial charge in [0, 0.05) is 18.6 Å². The van der Waals surface area contributed by atoms with Crippen LogP contribution in [0.15, 0.2) is 0 Å². The van der Waals surface area contributed by atoms with Crippen LogP contribution in [-0.4, -0.2) is 30.6 Å². The molecule has 1 aliphatic rings. The van der Waals surface area contributed by atoms with Gasteiger partial charge in [-0.1, -0.05) is 6.92 Å². The number of nitrogens with two attached hydrogens (primary N) is 1. The lowest BCUT2D eigenvalue weighted by Crippen LogP contribution is -2.45. The number of nitrogens with zero attached hydrogens (tertiary/aromatic N) is 1. The summed E-state index contributed by atoms with van der Waals surface area (Å²) in [7, 11) is 2.18. The summed E-state index contributed by atoms with van der Waals surface area (Å²) in [6.07, 6.45) is 2.73. The summed E-state index contributed by atoms with van der Waals surface area (Å²) < 4.78 is 0. The van der Waals surface area contributed by atoms with Gasteiger partial charge in [-0.2, -0.15) is 0 Å². The Hall–Kier alpha value is -0.0800. The van der Waals surface area contributed by atoms with E-state index in [-0.39, 0.29) is 0 Å². The average molecular weight is 156 g/mol. The first-order valence-corrected chi connectivity index (χ1v) is 4.55. The summed E-state index contributed by atoms with van der Waals surface area (Å²) in [5, 5.41) is 0. The summed E-state index contributed by atoms with van der Waals surface area (Å²) in [4.78, 5) is 2.39. The van der Waals surface area contributed by atoms with E-state index in [1.54, 1.807) is 0 Å². The van der Waals surface area contributed by atoms with E-state index in [2.05, 4.69) is 25.8 Å². The zero-order valence-electron chi connectivity index (χ0n) is 7.88. The van der Waals surface area contributed by atoms with E-state index < -0.39 is 0 Å². The van der Waals surface area contributed by atoms with E-state index in [9.17, 15) is 0 Å². The Morgan fingerprint density at radius 1 is 1.55 bits per heavy atom. The van der Waals surface area contributed by atoms with Gasteiger partial charge in [-0.3, -0.25) is 0 Å². The summed E-state index contributed by atoms with van der Waals surface area (Å²) in [6, 6.07) is 1.13. The normalized spacial score (nSPS) is 33.5. The molecule has 11 heavy (non-hydrogen) atoms. The largest absolute Gasteiger partial charge is 0.327 e. The monoisotopic (exact) mass is 156 g/mol. The van der Waals surface area contributed by atoms with Crippen molar-refractivity contribution >= 4 is 0 Å². The molecular weight excluding hydrogens is 136 g/mol. The van der Waals surface area contributed by atoms with Crippen molar-refractivity contribution in [3.63, 3.8) is 0 Å². The molecule has 66 valence electrons. The molecule has 0 bridgehead atoms. The van der Waals surface area contributed by atoms with Crippen LogP contribution in [0.4, 0.5) is 0 Å². The first kappa shape index (κ1) is 9.01. The van der Waals surface area contributed by atoms with Crippen LogP contribution in [0.1, 0.15) is 26.7 Å². The minimum Gasteiger partial charge on any atom is -0.327 e. The third kappa shape index (κ3) is 2.46. The van der Waals surface area contributed by atoms with Gasteiger partial charge in [-0.05, 0) is 32.7 Å². The minimum atomic E-state index is 0.316. The van der Waals surface area contributed by atoms with Gasteiger partial charge in [0.15, 0.2) is 0 Å². The first-order valence-electron chi connectivity index (χ1n) is 4.55. The summed E-state index contributed by atoms with van der Waals surface area (Å²) >= 11 is 0.